The molecule has 92 valence electrons. The largest absolute Gasteiger partial charge is 0.491 e. The Balaban J connectivity index is 2.21. The van der Waals surface area contributed by atoms with Crippen molar-refractivity contribution >= 4 is 12.6 Å². The van der Waals surface area contributed by atoms with Crippen LogP contribution in [0.3, 0.4) is 0 Å². The van der Waals surface area contributed by atoms with Crippen LogP contribution in [0.4, 0.5) is 8.78 Å². The van der Waals surface area contributed by atoms with E-state index < -0.39 is 24.2 Å². The first kappa shape index (κ1) is 12.3. The fraction of sp³-hybridized carbons (Fsp3) is 0.455. The summed E-state index contributed by atoms with van der Waals surface area (Å²) < 4.78 is 32.3. The molecular weight excluding hydrogens is 229 g/mol. The molecule has 0 amide bonds. The Morgan fingerprint density at radius 3 is 2.35 bits per heavy atom. The van der Waals surface area contributed by atoms with Gasteiger partial charge in [0, 0.05) is 5.46 Å². The Labute approximate surface area is 98.2 Å². The third-order valence-corrected chi connectivity index (χ3v) is 2.95. The highest BCUT2D eigenvalue weighted by Gasteiger charge is 2.24. The molecule has 0 aliphatic heterocycles. The monoisotopic (exact) mass is 242 g/mol. The molecule has 2 N–H and O–H groups in total. The van der Waals surface area contributed by atoms with Gasteiger partial charge >= 0.3 is 7.12 Å². The van der Waals surface area contributed by atoms with Crippen molar-refractivity contribution in [3.05, 3.63) is 23.8 Å². The normalized spacial score (nSPS) is 16.2. The van der Waals surface area contributed by atoms with Crippen molar-refractivity contribution in [2.24, 2.45) is 0 Å². The molecule has 1 saturated carbocycles. The lowest BCUT2D eigenvalue weighted by molar-refractivity contribution is 0.198. The Morgan fingerprint density at radius 1 is 1.12 bits per heavy atom. The van der Waals surface area contributed by atoms with Crippen LogP contribution in [0.25, 0.3) is 0 Å². The first-order valence-electron chi connectivity index (χ1n) is 5.60. The van der Waals surface area contributed by atoms with E-state index in [1.54, 1.807) is 0 Å². The second-order valence-corrected chi connectivity index (χ2v) is 4.18. The quantitative estimate of drug-likeness (QED) is 0.776. The van der Waals surface area contributed by atoms with Gasteiger partial charge in [0.15, 0.2) is 17.4 Å². The molecule has 17 heavy (non-hydrogen) atoms. The van der Waals surface area contributed by atoms with Gasteiger partial charge in [-0.05, 0) is 31.7 Å². The second-order valence-electron chi connectivity index (χ2n) is 4.18. The Hall–Kier alpha value is -1.14. The molecule has 0 atom stereocenters. The molecule has 2 rings (SSSR count). The molecule has 0 heterocycles. The smallest absolute Gasteiger partial charge is 0.487 e. The molecule has 1 aromatic rings. The summed E-state index contributed by atoms with van der Waals surface area (Å²) in [6.07, 6.45) is 3.66. The van der Waals surface area contributed by atoms with E-state index in [0.29, 0.717) is 0 Å². The maximum Gasteiger partial charge on any atom is 0.491 e. The summed E-state index contributed by atoms with van der Waals surface area (Å²) in [7, 11) is -2.02. The molecule has 3 nitrogen and oxygen atoms in total. The van der Waals surface area contributed by atoms with Gasteiger partial charge in [-0.3, -0.25) is 0 Å². The highest BCUT2D eigenvalue weighted by Crippen LogP contribution is 2.26. The fourth-order valence-corrected chi connectivity index (χ4v) is 2.02. The number of halogens is 2. The first-order chi connectivity index (χ1) is 8.09. The maximum absolute atomic E-state index is 13.6. The van der Waals surface area contributed by atoms with Crippen molar-refractivity contribution in [2.45, 2.75) is 31.8 Å². The van der Waals surface area contributed by atoms with E-state index in [9.17, 15) is 8.78 Å². The number of hydrogen-bond donors (Lipinski definition) is 2. The summed E-state index contributed by atoms with van der Waals surface area (Å²) in [6.45, 7) is 0. The summed E-state index contributed by atoms with van der Waals surface area (Å²) in [6, 6.07) is 2.35. The van der Waals surface area contributed by atoms with Gasteiger partial charge in [-0.2, -0.15) is 4.39 Å². The Bertz CT molecular complexity index is 406. The SMILES string of the molecule is OB(O)c1ccc(OC2CCCC2)c(F)c1F. The average Bonchev–Trinajstić information content (AvgIpc) is 2.77. The predicted octanol–water partition coefficient (Wildman–Crippen LogP) is 0.966. The topological polar surface area (TPSA) is 49.7 Å². The highest BCUT2D eigenvalue weighted by atomic mass is 19.2. The fourth-order valence-electron chi connectivity index (χ4n) is 2.02. The van der Waals surface area contributed by atoms with Crippen LogP contribution >= 0.6 is 0 Å². The summed E-state index contributed by atoms with van der Waals surface area (Å²) in [5.41, 5.74) is -0.485. The third-order valence-electron chi connectivity index (χ3n) is 2.95. The summed E-state index contributed by atoms with van der Waals surface area (Å²) in [5, 5.41) is 17.6. The maximum atomic E-state index is 13.6. The lowest BCUT2D eigenvalue weighted by atomic mass is 9.80. The van der Waals surface area contributed by atoms with Crippen molar-refractivity contribution in [2.75, 3.05) is 0 Å². The minimum absolute atomic E-state index is 0.0752. The Kier molecular flexibility index (Phi) is 3.64. The van der Waals surface area contributed by atoms with E-state index in [1.165, 1.54) is 6.07 Å². The van der Waals surface area contributed by atoms with E-state index in [2.05, 4.69) is 0 Å². The van der Waals surface area contributed by atoms with E-state index in [4.69, 9.17) is 14.8 Å². The minimum atomic E-state index is -2.02. The zero-order valence-electron chi connectivity index (χ0n) is 9.20. The van der Waals surface area contributed by atoms with Crippen LogP contribution in [0.15, 0.2) is 12.1 Å². The third kappa shape index (κ3) is 2.58. The molecule has 0 spiro atoms. The number of ether oxygens (including phenoxy) is 1. The molecule has 1 aliphatic carbocycles. The number of rotatable bonds is 3. The van der Waals surface area contributed by atoms with Crippen molar-refractivity contribution in [3.8, 4) is 5.75 Å². The molecule has 6 heteroatoms. The van der Waals surface area contributed by atoms with Gasteiger partial charge in [0.2, 0.25) is 0 Å². The van der Waals surface area contributed by atoms with Crippen molar-refractivity contribution < 1.29 is 23.6 Å². The van der Waals surface area contributed by atoms with Crippen LogP contribution in [-0.4, -0.2) is 23.3 Å². The predicted molar refractivity (Wildman–Crippen MR) is 59.1 cm³/mol. The molecule has 0 saturated heterocycles. The van der Waals surface area contributed by atoms with Crippen LogP contribution in [-0.2, 0) is 0 Å². The second kappa shape index (κ2) is 5.02. The lowest BCUT2D eigenvalue weighted by Gasteiger charge is -2.14. The van der Waals surface area contributed by atoms with Crippen LogP contribution in [0, 0.1) is 11.6 Å². The first-order valence-corrected chi connectivity index (χ1v) is 5.60. The average molecular weight is 242 g/mol. The molecule has 0 bridgehead atoms. The Morgan fingerprint density at radius 2 is 1.76 bits per heavy atom. The zero-order chi connectivity index (χ0) is 12.4. The van der Waals surface area contributed by atoms with Crippen molar-refractivity contribution in [1.82, 2.24) is 0 Å². The van der Waals surface area contributed by atoms with E-state index in [0.717, 1.165) is 31.7 Å². The van der Waals surface area contributed by atoms with E-state index in [-0.39, 0.29) is 11.9 Å². The van der Waals surface area contributed by atoms with Crippen molar-refractivity contribution in [1.29, 1.82) is 0 Å². The molecule has 0 aromatic heterocycles. The van der Waals surface area contributed by atoms with Crippen molar-refractivity contribution in [3.63, 3.8) is 0 Å². The standard InChI is InChI=1S/C11H13BF2O3/c13-10-8(12(15)16)5-6-9(11(10)14)17-7-3-1-2-4-7/h5-7,15-16H,1-4H2. The van der Waals surface area contributed by atoms with Crippen LogP contribution in [0.5, 0.6) is 5.75 Å². The highest BCUT2D eigenvalue weighted by molar-refractivity contribution is 6.58. The van der Waals surface area contributed by atoms with E-state index in [1.807, 2.05) is 0 Å². The van der Waals surface area contributed by atoms with Gasteiger partial charge in [-0.25, -0.2) is 4.39 Å². The zero-order valence-corrected chi connectivity index (χ0v) is 9.20. The van der Waals surface area contributed by atoms with Gasteiger partial charge in [0.1, 0.15) is 0 Å². The summed E-state index contributed by atoms with van der Waals surface area (Å²) >= 11 is 0. The molecule has 1 aromatic carbocycles. The van der Waals surface area contributed by atoms with Gasteiger partial charge in [-0.15, -0.1) is 0 Å². The molecule has 1 aliphatic rings. The summed E-state index contributed by atoms with van der Waals surface area (Å²) in [5.74, 6) is -2.60. The van der Waals surface area contributed by atoms with Gasteiger partial charge in [0.25, 0.3) is 0 Å². The lowest BCUT2D eigenvalue weighted by Crippen LogP contribution is -2.33. The van der Waals surface area contributed by atoms with E-state index >= 15 is 0 Å². The molecule has 0 unspecified atom stereocenters. The van der Waals surface area contributed by atoms with Crippen LogP contribution in [0.1, 0.15) is 25.7 Å². The van der Waals surface area contributed by atoms with Gasteiger partial charge in [-0.1, -0.05) is 6.07 Å². The van der Waals surface area contributed by atoms with Gasteiger partial charge in [0.05, 0.1) is 6.10 Å². The summed E-state index contributed by atoms with van der Waals surface area (Å²) in [4.78, 5) is 0. The minimum Gasteiger partial charge on any atom is -0.487 e. The van der Waals surface area contributed by atoms with Crippen LogP contribution in [0.2, 0.25) is 0 Å². The molecular formula is C11H13BF2O3. The van der Waals surface area contributed by atoms with Gasteiger partial charge < -0.3 is 14.8 Å². The molecule has 0 radical (unpaired) electrons. The number of benzene rings is 1. The molecule has 1 fully saturated rings. The number of hydrogen-bond acceptors (Lipinski definition) is 3. The van der Waals surface area contributed by atoms with Crippen LogP contribution < -0.4 is 10.2 Å².